The van der Waals surface area contributed by atoms with Crippen LogP contribution in [0.2, 0.25) is 0 Å². The third-order valence-corrected chi connectivity index (χ3v) is 2.72. The van der Waals surface area contributed by atoms with Crippen LogP contribution in [-0.2, 0) is 4.79 Å². The quantitative estimate of drug-likeness (QED) is 0.665. The second-order valence-corrected chi connectivity index (χ2v) is 4.15. The monoisotopic (exact) mass is 228 g/mol. The lowest BCUT2D eigenvalue weighted by Crippen LogP contribution is -2.07. The minimum atomic E-state index is 0.140. The fraction of sp³-hybridized carbons (Fsp3) is 0.312. The Labute approximate surface area is 104 Å². The Bertz CT molecular complexity index is 387. The lowest BCUT2D eigenvalue weighted by atomic mass is 10.0. The first kappa shape index (κ1) is 13.4. The second kappa shape index (κ2) is 7.61. The molecule has 1 nitrogen and oxygen atoms in total. The summed E-state index contributed by atoms with van der Waals surface area (Å²) >= 11 is 0. The Morgan fingerprint density at radius 2 is 1.94 bits per heavy atom. The summed E-state index contributed by atoms with van der Waals surface area (Å²) in [4.78, 5) is 11.3. The SMILES string of the molecule is CCC(=O)C(C)CC=CC=Cc1ccccc1. The number of ketones is 1. The van der Waals surface area contributed by atoms with Gasteiger partial charge in [-0.3, -0.25) is 4.79 Å². The van der Waals surface area contributed by atoms with Crippen molar-refractivity contribution >= 4 is 11.9 Å². The zero-order valence-corrected chi connectivity index (χ0v) is 10.6. The zero-order chi connectivity index (χ0) is 12.5. The molecule has 0 radical (unpaired) electrons. The molecule has 1 rings (SSSR count). The average Bonchev–Trinajstić information content (AvgIpc) is 2.38. The predicted octanol–water partition coefficient (Wildman–Crippen LogP) is 4.26. The first-order valence-corrected chi connectivity index (χ1v) is 6.15. The summed E-state index contributed by atoms with van der Waals surface area (Å²) in [7, 11) is 0. The summed E-state index contributed by atoms with van der Waals surface area (Å²) in [6.45, 7) is 3.90. The number of benzene rings is 1. The van der Waals surface area contributed by atoms with Gasteiger partial charge in [0, 0.05) is 12.3 Å². The van der Waals surface area contributed by atoms with Crippen molar-refractivity contribution in [1.29, 1.82) is 0 Å². The van der Waals surface area contributed by atoms with E-state index >= 15 is 0 Å². The predicted molar refractivity (Wildman–Crippen MR) is 73.7 cm³/mol. The van der Waals surface area contributed by atoms with Crippen LogP contribution in [0.1, 0.15) is 32.3 Å². The van der Waals surface area contributed by atoms with Gasteiger partial charge in [0.25, 0.3) is 0 Å². The van der Waals surface area contributed by atoms with Crippen LogP contribution in [-0.4, -0.2) is 5.78 Å². The van der Waals surface area contributed by atoms with Crippen molar-refractivity contribution in [3.8, 4) is 0 Å². The van der Waals surface area contributed by atoms with Gasteiger partial charge in [0.05, 0.1) is 0 Å². The fourth-order valence-electron chi connectivity index (χ4n) is 1.57. The van der Waals surface area contributed by atoms with E-state index in [1.807, 2.05) is 44.2 Å². The summed E-state index contributed by atoms with van der Waals surface area (Å²) in [6.07, 6.45) is 9.59. The van der Waals surface area contributed by atoms with E-state index in [0.717, 1.165) is 6.42 Å². The van der Waals surface area contributed by atoms with Crippen LogP contribution >= 0.6 is 0 Å². The van der Waals surface area contributed by atoms with Crippen LogP contribution in [0, 0.1) is 5.92 Å². The maximum absolute atomic E-state index is 11.3. The second-order valence-electron chi connectivity index (χ2n) is 4.15. The van der Waals surface area contributed by atoms with Crippen LogP contribution in [0.4, 0.5) is 0 Å². The van der Waals surface area contributed by atoms with Gasteiger partial charge in [-0.25, -0.2) is 0 Å². The normalized spacial score (nSPS) is 13.3. The molecule has 90 valence electrons. The van der Waals surface area contributed by atoms with E-state index in [0.29, 0.717) is 12.2 Å². The van der Waals surface area contributed by atoms with Crippen molar-refractivity contribution in [2.24, 2.45) is 5.92 Å². The van der Waals surface area contributed by atoms with E-state index in [4.69, 9.17) is 0 Å². The van der Waals surface area contributed by atoms with Crippen molar-refractivity contribution < 1.29 is 4.79 Å². The van der Waals surface area contributed by atoms with E-state index in [9.17, 15) is 4.79 Å². The van der Waals surface area contributed by atoms with Gasteiger partial charge in [-0.1, -0.05) is 68.5 Å². The minimum Gasteiger partial charge on any atom is -0.299 e. The number of Topliss-reactive ketones (excluding diaryl/α,β-unsaturated/α-hetero) is 1. The van der Waals surface area contributed by atoms with Crippen LogP contribution in [0.3, 0.4) is 0 Å². The van der Waals surface area contributed by atoms with Gasteiger partial charge in [0.1, 0.15) is 5.78 Å². The molecule has 0 aliphatic heterocycles. The molecule has 0 aromatic heterocycles. The molecule has 0 aliphatic rings. The molecule has 1 aromatic rings. The molecular weight excluding hydrogens is 208 g/mol. The van der Waals surface area contributed by atoms with Gasteiger partial charge >= 0.3 is 0 Å². The highest BCUT2D eigenvalue weighted by molar-refractivity contribution is 5.80. The zero-order valence-electron chi connectivity index (χ0n) is 10.6. The number of carbonyl (C=O) groups is 1. The third-order valence-electron chi connectivity index (χ3n) is 2.72. The molecule has 0 fully saturated rings. The van der Waals surface area contributed by atoms with Crippen molar-refractivity contribution in [2.75, 3.05) is 0 Å². The molecule has 0 saturated carbocycles. The summed E-state index contributed by atoms with van der Waals surface area (Å²) in [5.41, 5.74) is 1.19. The van der Waals surface area contributed by atoms with Gasteiger partial charge in [-0.2, -0.15) is 0 Å². The topological polar surface area (TPSA) is 17.1 Å². The van der Waals surface area contributed by atoms with E-state index in [2.05, 4.69) is 24.3 Å². The van der Waals surface area contributed by atoms with E-state index < -0.39 is 0 Å². The van der Waals surface area contributed by atoms with Gasteiger partial charge in [-0.15, -0.1) is 0 Å². The summed E-state index contributed by atoms with van der Waals surface area (Å²) in [5, 5.41) is 0. The largest absolute Gasteiger partial charge is 0.299 e. The maximum atomic E-state index is 11.3. The molecule has 0 heterocycles. The van der Waals surface area contributed by atoms with Crippen LogP contribution in [0.15, 0.2) is 48.6 Å². The van der Waals surface area contributed by atoms with Gasteiger partial charge < -0.3 is 0 Å². The highest BCUT2D eigenvalue weighted by atomic mass is 16.1. The van der Waals surface area contributed by atoms with E-state index in [1.54, 1.807) is 0 Å². The fourth-order valence-corrected chi connectivity index (χ4v) is 1.57. The molecule has 0 amide bonds. The number of allylic oxidation sites excluding steroid dienone is 3. The lowest BCUT2D eigenvalue weighted by molar-refractivity contribution is -0.121. The summed E-state index contributed by atoms with van der Waals surface area (Å²) in [5.74, 6) is 0.475. The molecular formula is C16H20O. The van der Waals surface area contributed by atoms with E-state index in [1.165, 1.54) is 5.56 Å². The molecule has 0 aliphatic carbocycles. The Morgan fingerprint density at radius 3 is 2.59 bits per heavy atom. The Hall–Kier alpha value is -1.63. The molecule has 1 aromatic carbocycles. The van der Waals surface area contributed by atoms with Crippen molar-refractivity contribution in [3.05, 3.63) is 54.1 Å². The minimum absolute atomic E-state index is 0.140. The van der Waals surface area contributed by atoms with Crippen molar-refractivity contribution in [1.82, 2.24) is 0 Å². The molecule has 0 saturated heterocycles. The molecule has 1 heteroatoms. The molecule has 17 heavy (non-hydrogen) atoms. The number of hydrogen-bond acceptors (Lipinski definition) is 1. The highest BCUT2D eigenvalue weighted by Crippen LogP contribution is 2.07. The molecule has 1 atom stereocenters. The summed E-state index contributed by atoms with van der Waals surface area (Å²) < 4.78 is 0. The van der Waals surface area contributed by atoms with Crippen LogP contribution in [0.5, 0.6) is 0 Å². The van der Waals surface area contributed by atoms with Crippen LogP contribution in [0.25, 0.3) is 6.08 Å². The Balaban J connectivity index is 2.36. The molecule has 0 bridgehead atoms. The van der Waals surface area contributed by atoms with Gasteiger partial charge in [0.2, 0.25) is 0 Å². The first-order valence-electron chi connectivity index (χ1n) is 6.15. The van der Waals surface area contributed by atoms with Gasteiger partial charge in [-0.05, 0) is 12.0 Å². The third kappa shape index (κ3) is 5.30. The van der Waals surface area contributed by atoms with E-state index in [-0.39, 0.29) is 5.92 Å². The molecule has 0 N–H and O–H groups in total. The number of rotatable bonds is 6. The standard InChI is InChI=1S/C16H20O/c1-3-16(17)14(2)10-6-4-7-11-15-12-8-5-9-13-15/h4-9,11-14H,3,10H2,1-2H3. The average molecular weight is 228 g/mol. The maximum Gasteiger partial charge on any atom is 0.135 e. The van der Waals surface area contributed by atoms with Crippen LogP contribution < -0.4 is 0 Å². The first-order chi connectivity index (χ1) is 8.24. The smallest absolute Gasteiger partial charge is 0.135 e. The van der Waals surface area contributed by atoms with Crippen molar-refractivity contribution in [2.45, 2.75) is 26.7 Å². The molecule has 1 unspecified atom stereocenters. The molecule has 0 spiro atoms. The lowest BCUT2D eigenvalue weighted by Gasteiger charge is -2.03. The number of carbonyl (C=O) groups excluding carboxylic acids is 1. The summed E-state index contributed by atoms with van der Waals surface area (Å²) in [6, 6.07) is 10.2. The Kier molecular flexibility index (Phi) is 6.02. The van der Waals surface area contributed by atoms with Crippen molar-refractivity contribution in [3.63, 3.8) is 0 Å². The Morgan fingerprint density at radius 1 is 1.24 bits per heavy atom. The number of hydrogen-bond donors (Lipinski definition) is 0. The van der Waals surface area contributed by atoms with Gasteiger partial charge in [0.15, 0.2) is 0 Å². The highest BCUT2D eigenvalue weighted by Gasteiger charge is 2.07.